The van der Waals surface area contributed by atoms with Crippen LogP contribution in [0.3, 0.4) is 0 Å². The summed E-state index contributed by atoms with van der Waals surface area (Å²) in [4.78, 5) is 27.8. The molecular weight excluding hydrogens is 256 g/mol. The Bertz CT molecular complexity index is 381. The molecule has 0 N–H and O–H groups in total. The number of hydrogen-bond acceptors (Lipinski definition) is 4. The molecule has 112 valence electrons. The highest BCUT2D eigenvalue weighted by Crippen LogP contribution is 2.58. The lowest BCUT2D eigenvalue weighted by molar-refractivity contribution is -0.141. The molecule has 1 heterocycles. The van der Waals surface area contributed by atoms with Crippen LogP contribution in [0, 0.1) is 17.8 Å². The zero-order chi connectivity index (χ0) is 14.1. The van der Waals surface area contributed by atoms with Crippen molar-refractivity contribution in [1.82, 2.24) is 9.80 Å². The van der Waals surface area contributed by atoms with Gasteiger partial charge in [0, 0.05) is 38.6 Å². The molecule has 0 aromatic heterocycles. The van der Waals surface area contributed by atoms with Crippen LogP contribution < -0.4 is 0 Å². The van der Waals surface area contributed by atoms with Gasteiger partial charge < -0.3 is 9.64 Å². The summed E-state index contributed by atoms with van der Waals surface area (Å²) in [6.07, 6.45) is 4.29. The highest BCUT2D eigenvalue weighted by molar-refractivity contribution is 5.82. The minimum Gasteiger partial charge on any atom is -0.469 e. The number of carbonyl (C=O) groups is 2. The molecule has 1 amide bonds. The van der Waals surface area contributed by atoms with Crippen molar-refractivity contribution in [2.75, 3.05) is 39.8 Å². The number of hydrogen-bond donors (Lipinski definition) is 0. The maximum absolute atomic E-state index is 12.4. The van der Waals surface area contributed by atoms with Crippen molar-refractivity contribution < 1.29 is 14.3 Å². The maximum Gasteiger partial charge on any atom is 0.306 e. The van der Waals surface area contributed by atoms with E-state index in [1.807, 2.05) is 4.90 Å². The van der Waals surface area contributed by atoms with Gasteiger partial charge in [0.1, 0.15) is 0 Å². The summed E-state index contributed by atoms with van der Waals surface area (Å²) in [6, 6.07) is 0. The van der Waals surface area contributed by atoms with Crippen molar-refractivity contribution in [3.63, 3.8) is 0 Å². The average molecular weight is 280 g/mol. The Morgan fingerprint density at radius 2 is 1.75 bits per heavy atom. The molecule has 5 nitrogen and oxygen atoms in total. The van der Waals surface area contributed by atoms with Gasteiger partial charge in [-0.15, -0.1) is 0 Å². The van der Waals surface area contributed by atoms with Gasteiger partial charge in [-0.3, -0.25) is 14.5 Å². The number of rotatable bonds is 4. The van der Waals surface area contributed by atoms with E-state index in [2.05, 4.69) is 9.64 Å². The zero-order valence-electron chi connectivity index (χ0n) is 12.2. The van der Waals surface area contributed by atoms with E-state index in [1.165, 1.54) is 26.4 Å². The van der Waals surface area contributed by atoms with Gasteiger partial charge in [-0.25, -0.2) is 0 Å². The first-order valence-electron chi connectivity index (χ1n) is 7.78. The fraction of sp³-hybridized carbons (Fsp3) is 0.867. The van der Waals surface area contributed by atoms with E-state index in [-0.39, 0.29) is 5.97 Å². The van der Waals surface area contributed by atoms with Gasteiger partial charge in [0.05, 0.1) is 13.5 Å². The molecule has 3 fully saturated rings. The van der Waals surface area contributed by atoms with Crippen LogP contribution in [0.25, 0.3) is 0 Å². The summed E-state index contributed by atoms with van der Waals surface area (Å²) in [5.41, 5.74) is 0. The van der Waals surface area contributed by atoms with E-state index in [4.69, 9.17) is 0 Å². The molecule has 0 aromatic carbocycles. The number of esters is 1. The first kappa shape index (κ1) is 13.9. The fourth-order valence-corrected chi connectivity index (χ4v) is 3.94. The summed E-state index contributed by atoms with van der Waals surface area (Å²) in [7, 11) is 1.42. The van der Waals surface area contributed by atoms with Gasteiger partial charge in [-0.2, -0.15) is 0 Å². The predicted octanol–water partition coefficient (Wildman–Crippen LogP) is 0.740. The fourth-order valence-electron chi connectivity index (χ4n) is 3.94. The number of nitrogens with zero attached hydrogens (tertiary/aromatic N) is 2. The van der Waals surface area contributed by atoms with Crippen molar-refractivity contribution in [2.24, 2.45) is 17.8 Å². The van der Waals surface area contributed by atoms with Crippen LogP contribution in [0.5, 0.6) is 0 Å². The molecule has 1 aliphatic heterocycles. The van der Waals surface area contributed by atoms with Gasteiger partial charge in [0.15, 0.2) is 0 Å². The van der Waals surface area contributed by atoms with E-state index < -0.39 is 0 Å². The topological polar surface area (TPSA) is 49.9 Å². The Labute approximate surface area is 120 Å². The van der Waals surface area contributed by atoms with Crippen LogP contribution in [0.2, 0.25) is 0 Å². The van der Waals surface area contributed by atoms with E-state index in [0.717, 1.165) is 32.7 Å². The normalized spacial score (nSPS) is 32.9. The third kappa shape index (κ3) is 2.68. The monoisotopic (exact) mass is 280 g/mol. The third-order valence-corrected chi connectivity index (χ3v) is 5.24. The maximum atomic E-state index is 12.4. The second-order valence-electron chi connectivity index (χ2n) is 6.28. The van der Waals surface area contributed by atoms with Crippen LogP contribution in [0.15, 0.2) is 0 Å². The Kier molecular flexibility index (Phi) is 3.96. The van der Waals surface area contributed by atoms with Gasteiger partial charge in [-0.1, -0.05) is 6.42 Å². The van der Waals surface area contributed by atoms with Crippen molar-refractivity contribution in [3.05, 3.63) is 0 Å². The van der Waals surface area contributed by atoms with Crippen molar-refractivity contribution >= 4 is 11.9 Å². The minimum atomic E-state index is -0.158. The zero-order valence-corrected chi connectivity index (χ0v) is 12.2. The van der Waals surface area contributed by atoms with E-state index in [9.17, 15) is 9.59 Å². The van der Waals surface area contributed by atoms with Gasteiger partial charge in [0.25, 0.3) is 0 Å². The van der Waals surface area contributed by atoms with Crippen LogP contribution >= 0.6 is 0 Å². The molecule has 2 atom stereocenters. The molecule has 5 heteroatoms. The number of fused-ring (bicyclic) bond motifs is 1. The van der Waals surface area contributed by atoms with Crippen LogP contribution in [0.4, 0.5) is 0 Å². The van der Waals surface area contributed by atoms with Crippen molar-refractivity contribution in [1.29, 1.82) is 0 Å². The number of carbonyl (C=O) groups excluding carboxylic acids is 2. The number of amides is 1. The Hall–Kier alpha value is -1.10. The second-order valence-corrected chi connectivity index (χ2v) is 6.28. The number of ether oxygens (including phenoxy) is 1. The average Bonchev–Trinajstić information content (AvgIpc) is 2.96. The number of methoxy groups -OCH3 is 1. The highest BCUT2D eigenvalue weighted by atomic mass is 16.5. The highest BCUT2D eigenvalue weighted by Gasteiger charge is 2.57. The molecule has 2 saturated carbocycles. The summed E-state index contributed by atoms with van der Waals surface area (Å²) in [5.74, 6) is 2.01. The van der Waals surface area contributed by atoms with Gasteiger partial charge >= 0.3 is 5.97 Å². The van der Waals surface area contributed by atoms with Gasteiger partial charge in [0.2, 0.25) is 5.91 Å². The Morgan fingerprint density at radius 1 is 1.10 bits per heavy atom. The quantitative estimate of drug-likeness (QED) is 0.713. The summed E-state index contributed by atoms with van der Waals surface area (Å²) in [6.45, 7) is 4.13. The molecule has 0 radical (unpaired) electrons. The molecule has 0 spiro atoms. The van der Waals surface area contributed by atoms with Gasteiger partial charge in [-0.05, 0) is 24.7 Å². The smallest absolute Gasteiger partial charge is 0.306 e. The predicted molar refractivity (Wildman–Crippen MR) is 74.0 cm³/mol. The molecule has 1 saturated heterocycles. The summed E-state index contributed by atoms with van der Waals surface area (Å²) >= 11 is 0. The van der Waals surface area contributed by atoms with Crippen LogP contribution in [0.1, 0.15) is 25.7 Å². The molecule has 20 heavy (non-hydrogen) atoms. The van der Waals surface area contributed by atoms with E-state index in [1.54, 1.807) is 0 Å². The molecule has 2 unspecified atom stereocenters. The first-order chi connectivity index (χ1) is 9.70. The Morgan fingerprint density at radius 3 is 2.35 bits per heavy atom. The van der Waals surface area contributed by atoms with Crippen molar-refractivity contribution in [3.8, 4) is 0 Å². The van der Waals surface area contributed by atoms with E-state index >= 15 is 0 Å². The van der Waals surface area contributed by atoms with Crippen LogP contribution in [-0.4, -0.2) is 61.5 Å². The third-order valence-electron chi connectivity index (χ3n) is 5.24. The first-order valence-corrected chi connectivity index (χ1v) is 7.78. The lowest BCUT2D eigenvalue weighted by Crippen LogP contribution is -2.49. The molecule has 3 aliphatic rings. The second kappa shape index (κ2) is 5.72. The minimum absolute atomic E-state index is 0.158. The van der Waals surface area contributed by atoms with Crippen LogP contribution in [-0.2, 0) is 14.3 Å². The summed E-state index contributed by atoms with van der Waals surface area (Å²) < 4.78 is 4.65. The summed E-state index contributed by atoms with van der Waals surface area (Å²) in [5, 5.41) is 0. The molecular formula is C15H24N2O3. The largest absolute Gasteiger partial charge is 0.469 e. The molecule has 0 aromatic rings. The molecule has 0 bridgehead atoms. The lowest BCUT2D eigenvalue weighted by atomic mass is 10.1. The van der Waals surface area contributed by atoms with E-state index in [0.29, 0.717) is 30.1 Å². The molecule has 2 aliphatic carbocycles. The lowest BCUT2D eigenvalue weighted by Gasteiger charge is -2.35. The Balaban J connectivity index is 1.40. The SMILES string of the molecule is COC(=O)CCN1CCN(C(=O)C2C3CCCC32)CC1. The standard InChI is InChI=1S/C15H24N2O3/c1-20-13(18)5-6-16-7-9-17(10-8-16)15(19)14-11-3-2-4-12(11)14/h11-12,14H,2-10H2,1H3. The van der Waals surface area contributed by atoms with Crippen molar-refractivity contribution in [2.45, 2.75) is 25.7 Å². The number of piperazine rings is 1. The molecule has 3 rings (SSSR count).